The van der Waals surface area contributed by atoms with Gasteiger partial charge in [-0.15, -0.1) is 6.58 Å². The predicted octanol–water partition coefficient (Wildman–Crippen LogP) is 0.758. The van der Waals surface area contributed by atoms with Gasteiger partial charge in [-0.3, -0.25) is 20.4 Å². The monoisotopic (exact) mass is 245 g/mol. The summed E-state index contributed by atoms with van der Waals surface area (Å²) in [6.45, 7) is 17.2. The minimum absolute atomic E-state index is 0. The molecule has 0 unspecified atom stereocenters. The first-order valence-corrected chi connectivity index (χ1v) is 2.06. The van der Waals surface area contributed by atoms with Gasteiger partial charge in [-0.2, -0.15) is 0 Å². The number of rotatable bonds is 0. The summed E-state index contributed by atoms with van der Waals surface area (Å²) in [7, 11) is 0. The van der Waals surface area contributed by atoms with Crippen molar-refractivity contribution >= 4 is 20.4 Å². The Morgan fingerprint density at radius 3 is 0.909 bits per heavy atom. The van der Waals surface area contributed by atoms with E-state index in [-0.39, 0.29) is 19.5 Å². The summed E-state index contributed by atoms with van der Waals surface area (Å²) < 4.78 is 0. The molecule has 0 spiro atoms. The van der Waals surface area contributed by atoms with Gasteiger partial charge in [0.05, 0.1) is 0 Å². The molecule has 0 aromatic carbocycles. The van der Waals surface area contributed by atoms with Crippen LogP contribution in [0.25, 0.3) is 0 Å². The van der Waals surface area contributed by atoms with Crippen molar-refractivity contribution in [3.63, 3.8) is 0 Å². The Kier molecular flexibility index (Phi) is 335. The molecule has 0 heterocycles. The van der Waals surface area contributed by atoms with Crippen molar-refractivity contribution in [1.82, 2.24) is 0 Å². The standard InChI is InChI=1S/C4H8.3CHO.Ru/c1-4(2)3;3*1-2;/h1H2,2-3H3;3*1H;/q;3*-1;+3. The first kappa shape index (κ1) is 31.6. The molecule has 0 atom stereocenters. The van der Waals surface area contributed by atoms with Crippen LogP contribution in [0.1, 0.15) is 13.8 Å². The van der Waals surface area contributed by atoms with Crippen molar-refractivity contribution in [2.45, 2.75) is 13.8 Å². The van der Waals surface area contributed by atoms with E-state index >= 15 is 0 Å². The van der Waals surface area contributed by atoms with Crippen molar-refractivity contribution < 1.29 is 33.9 Å². The molecule has 1 radical (unpaired) electrons. The number of hydrogen-bond acceptors (Lipinski definition) is 3. The molecule has 0 aliphatic heterocycles. The molecule has 0 N–H and O–H groups in total. The van der Waals surface area contributed by atoms with Crippen LogP contribution in [0.15, 0.2) is 12.2 Å². The maximum absolute atomic E-state index is 7.75. The summed E-state index contributed by atoms with van der Waals surface area (Å²) in [5.41, 5.74) is 1.17. The Bertz CT molecular complexity index is 58.0. The van der Waals surface area contributed by atoms with Crippen LogP contribution in [0, 0.1) is 0 Å². The molecule has 0 fully saturated rings. The smallest absolute Gasteiger partial charge is 0.545 e. The number of allylic oxidation sites excluding steroid dienone is 1. The molecular weight excluding hydrogens is 233 g/mol. The molecule has 0 bridgehead atoms. The van der Waals surface area contributed by atoms with E-state index in [0.717, 1.165) is 0 Å². The fourth-order valence-corrected chi connectivity index (χ4v) is 0. The summed E-state index contributed by atoms with van der Waals surface area (Å²) >= 11 is 0. The van der Waals surface area contributed by atoms with Crippen molar-refractivity contribution in [2.24, 2.45) is 0 Å². The zero-order chi connectivity index (χ0) is 9.58. The van der Waals surface area contributed by atoms with Crippen LogP contribution >= 0.6 is 0 Å². The second-order valence-corrected chi connectivity index (χ2v) is 1.21. The van der Waals surface area contributed by atoms with Gasteiger partial charge in [0.15, 0.2) is 0 Å². The third kappa shape index (κ3) is 1300. The van der Waals surface area contributed by atoms with Crippen LogP contribution in [0.5, 0.6) is 0 Å². The minimum Gasteiger partial charge on any atom is -0.545 e. The van der Waals surface area contributed by atoms with Gasteiger partial charge < -0.3 is 14.4 Å². The molecule has 0 aliphatic carbocycles. The van der Waals surface area contributed by atoms with E-state index in [4.69, 9.17) is 14.4 Å². The van der Waals surface area contributed by atoms with Crippen molar-refractivity contribution in [1.29, 1.82) is 0 Å². The molecule has 0 rings (SSSR count). The average Bonchev–Trinajstić information content (AvgIpc) is 1.98. The third-order valence-electron chi connectivity index (χ3n) is 0. The Morgan fingerprint density at radius 2 is 0.909 bits per heavy atom. The molecule has 0 aromatic rings. The molecule has 0 amide bonds. The zero-order valence-corrected chi connectivity index (χ0v) is 8.26. The van der Waals surface area contributed by atoms with E-state index in [1.807, 2.05) is 13.8 Å². The third-order valence-corrected chi connectivity index (χ3v) is 0. The molecule has 0 aromatic heterocycles. The maximum atomic E-state index is 7.75. The van der Waals surface area contributed by atoms with Crippen LogP contribution in [-0.4, -0.2) is 20.4 Å². The average molecular weight is 244 g/mol. The van der Waals surface area contributed by atoms with Crippen LogP contribution in [0.4, 0.5) is 0 Å². The molecule has 0 saturated heterocycles. The van der Waals surface area contributed by atoms with Gasteiger partial charge in [-0.25, -0.2) is 0 Å². The topological polar surface area (TPSA) is 51.2 Å². The molecule has 65 valence electrons. The van der Waals surface area contributed by atoms with Crippen molar-refractivity contribution in [3.05, 3.63) is 12.2 Å². The fraction of sp³-hybridized carbons (Fsp3) is 0.286. The second kappa shape index (κ2) is 117. The van der Waals surface area contributed by atoms with Gasteiger partial charge in [0, 0.05) is 0 Å². The van der Waals surface area contributed by atoms with Gasteiger partial charge in [0.1, 0.15) is 0 Å². The van der Waals surface area contributed by atoms with Crippen LogP contribution in [0.2, 0.25) is 0 Å². The van der Waals surface area contributed by atoms with Gasteiger partial charge in [0.25, 0.3) is 0 Å². The zero-order valence-electron chi connectivity index (χ0n) is 6.52. The normalized spacial score (nSPS) is 3.45. The maximum Gasteiger partial charge on any atom is 3.00 e. The Hall–Kier alpha value is -0.627. The van der Waals surface area contributed by atoms with Crippen molar-refractivity contribution in [3.8, 4) is 0 Å². The second-order valence-electron chi connectivity index (χ2n) is 1.21. The molecular formula is C7H11O3Ru. The SMILES string of the molecule is C=C(C)C.[CH-]=O.[CH-]=O.[CH-]=O.[Ru+3]. The molecule has 4 heteroatoms. The van der Waals surface area contributed by atoms with Crippen molar-refractivity contribution in [2.75, 3.05) is 0 Å². The van der Waals surface area contributed by atoms with E-state index in [0.29, 0.717) is 0 Å². The van der Waals surface area contributed by atoms with E-state index in [2.05, 4.69) is 26.9 Å². The largest absolute Gasteiger partial charge is 3.00 e. The quantitative estimate of drug-likeness (QED) is 0.273. The number of carbonyl (C=O) groups excluding carboxylic acids is 3. The first-order valence-electron chi connectivity index (χ1n) is 2.06. The Balaban J connectivity index is -0.0000000152. The minimum atomic E-state index is 0. The van der Waals surface area contributed by atoms with Crippen LogP contribution in [0.3, 0.4) is 0 Å². The molecule has 0 aliphatic rings. The first-order chi connectivity index (χ1) is 4.73. The number of hydrogen-bond donors (Lipinski definition) is 0. The van der Waals surface area contributed by atoms with Crippen LogP contribution in [-0.2, 0) is 33.9 Å². The summed E-state index contributed by atoms with van der Waals surface area (Å²) in [6.07, 6.45) is 0. The van der Waals surface area contributed by atoms with E-state index in [1.54, 1.807) is 0 Å². The summed E-state index contributed by atoms with van der Waals surface area (Å²) in [6, 6.07) is 0. The van der Waals surface area contributed by atoms with E-state index in [9.17, 15) is 0 Å². The van der Waals surface area contributed by atoms with Gasteiger partial charge in [0.2, 0.25) is 0 Å². The fourth-order valence-electron chi connectivity index (χ4n) is 0. The summed E-state index contributed by atoms with van der Waals surface area (Å²) in [4.78, 5) is 23.2. The molecule has 0 saturated carbocycles. The molecule has 11 heavy (non-hydrogen) atoms. The van der Waals surface area contributed by atoms with E-state index < -0.39 is 0 Å². The predicted molar refractivity (Wildman–Crippen MR) is 40.7 cm³/mol. The van der Waals surface area contributed by atoms with Gasteiger partial charge in [-0.05, 0) is 13.8 Å². The van der Waals surface area contributed by atoms with Crippen LogP contribution < -0.4 is 0 Å². The molecule has 3 nitrogen and oxygen atoms in total. The van der Waals surface area contributed by atoms with Gasteiger partial charge >= 0.3 is 19.5 Å². The van der Waals surface area contributed by atoms with E-state index in [1.165, 1.54) is 5.57 Å². The summed E-state index contributed by atoms with van der Waals surface area (Å²) in [5.74, 6) is 0. The Morgan fingerprint density at radius 1 is 0.909 bits per heavy atom. The Labute approximate surface area is 80.6 Å². The van der Waals surface area contributed by atoms with Gasteiger partial charge in [-0.1, -0.05) is 5.57 Å². The summed E-state index contributed by atoms with van der Waals surface area (Å²) in [5, 5.41) is 0.